The summed E-state index contributed by atoms with van der Waals surface area (Å²) in [5.41, 5.74) is 0.651. The van der Waals surface area contributed by atoms with Crippen molar-refractivity contribution in [2.24, 2.45) is 0 Å². The van der Waals surface area contributed by atoms with E-state index >= 15 is 0 Å². The van der Waals surface area contributed by atoms with E-state index in [-0.39, 0.29) is 5.65 Å². The molecular weight excluding hydrogens is 697 g/mol. The van der Waals surface area contributed by atoms with Crippen LogP contribution in [-0.4, -0.2) is 93.4 Å². The van der Waals surface area contributed by atoms with E-state index in [9.17, 15) is 33.7 Å². The number of nitrogens with one attached hydrogen (secondary N) is 2. The standard InChI is InChI=1S/C26H47N6O13P3/c33-22-20(16-42-47(38,39)45-48(40,41)44-46(35,36)37)43-26(23(22)34)32-18-31-21-24(29-17-30-25(21)32)28-15-11-7-6-10-14-27-19-12-8-4-2-1-3-5-9-13-19/h17-20,22-23,26-27,33-34H,1-16H2,(H,38,39)(H,40,41)(H,28,29,30)(H2,35,36,37)/t20-,22?,23?,26-/m1/s1. The second kappa shape index (κ2) is 18.2. The van der Waals surface area contributed by atoms with Crippen LogP contribution >= 0.6 is 23.5 Å². The first-order valence-corrected chi connectivity index (χ1v) is 20.7. The predicted octanol–water partition coefficient (Wildman–Crippen LogP) is 3.24. The van der Waals surface area contributed by atoms with Crippen LogP contribution in [0.25, 0.3) is 11.2 Å². The number of aliphatic hydroxyl groups is 2. The van der Waals surface area contributed by atoms with Crippen molar-refractivity contribution in [2.75, 3.05) is 25.0 Å². The molecule has 1 aliphatic carbocycles. The minimum absolute atomic E-state index is 0.268. The van der Waals surface area contributed by atoms with Crippen molar-refractivity contribution in [3.63, 3.8) is 0 Å². The highest BCUT2D eigenvalue weighted by molar-refractivity contribution is 7.66. The number of anilines is 1. The van der Waals surface area contributed by atoms with E-state index in [0.29, 0.717) is 23.9 Å². The number of phosphoric ester groups is 1. The van der Waals surface area contributed by atoms with Crippen LogP contribution in [0.2, 0.25) is 0 Å². The van der Waals surface area contributed by atoms with Gasteiger partial charge >= 0.3 is 23.5 Å². The smallest absolute Gasteiger partial charge is 0.387 e. The average Bonchev–Trinajstić information content (AvgIpc) is 3.55. The largest absolute Gasteiger partial charge is 0.490 e. The summed E-state index contributed by atoms with van der Waals surface area (Å²) in [6, 6.07) is 0.635. The molecule has 2 aromatic rings. The molecule has 8 N–H and O–H groups in total. The number of phosphoric acid groups is 3. The fourth-order valence-electron chi connectivity index (χ4n) is 5.87. The lowest BCUT2D eigenvalue weighted by Crippen LogP contribution is -2.33. The van der Waals surface area contributed by atoms with Crippen LogP contribution in [0.3, 0.4) is 0 Å². The van der Waals surface area contributed by atoms with E-state index in [1.807, 2.05) is 0 Å². The number of fused-ring (bicyclic) bond motifs is 1. The highest BCUT2D eigenvalue weighted by atomic mass is 31.3. The average molecular weight is 745 g/mol. The maximum absolute atomic E-state index is 12.1. The maximum Gasteiger partial charge on any atom is 0.490 e. The van der Waals surface area contributed by atoms with Gasteiger partial charge in [0.1, 0.15) is 24.6 Å². The number of aliphatic hydroxyl groups excluding tert-OH is 2. The monoisotopic (exact) mass is 744 g/mol. The molecule has 1 saturated carbocycles. The van der Waals surface area contributed by atoms with E-state index in [1.165, 1.54) is 75.0 Å². The third-order valence-electron chi connectivity index (χ3n) is 8.22. The van der Waals surface area contributed by atoms with Crippen LogP contribution in [0.15, 0.2) is 12.7 Å². The summed E-state index contributed by atoms with van der Waals surface area (Å²) < 4.78 is 53.2. The zero-order valence-corrected chi connectivity index (χ0v) is 29.2. The molecule has 0 amide bonds. The first-order chi connectivity index (χ1) is 22.7. The minimum Gasteiger partial charge on any atom is -0.387 e. The summed E-state index contributed by atoms with van der Waals surface area (Å²) in [4.78, 5) is 49.1. The number of ether oxygens (including phenoxy) is 1. The minimum atomic E-state index is -5.72. The zero-order valence-electron chi connectivity index (χ0n) is 26.5. The summed E-state index contributed by atoms with van der Waals surface area (Å²) in [5, 5.41) is 28.2. The van der Waals surface area contributed by atoms with Gasteiger partial charge in [0.2, 0.25) is 0 Å². The molecule has 1 saturated heterocycles. The second-order valence-electron chi connectivity index (χ2n) is 12.0. The molecule has 0 bridgehead atoms. The number of aromatic nitrogens is 4. The van der Waals surface area contributed by atoms with Gasteiger partial charge in [0.25, 0.3) is 0 Å². The number of rotatable bonds is 17. The molecule has 6 atom stereocenters. The van der Waals surface area contributed by atoms with E-state index in [4.69, 9.17) is 14.5 Å². The fourth-order valence-corrected chi connectivity index (χ4v) is 8.90. The molecule has 4 unspecified atom stereocenters. The van der Waals surface area contributed by atoms with Gasteiger partial charge in [0, 0.05) is 12.6 Å². The van der Waals surface area contributed by atoms with Gasteiger partial charge in [0.05, 0.1) is 12.9 Å². The van der Waals surface area contributed by atoms with Gasteiger partial charge in [-0.15, -0.1) is 0 Å². The molecule has 19 nitrogen and oxygen atoms in total. The molecule has 4 rings (SSSR count). The third-order valence-corrected chi connectivity index (χ3v) is 12.0. The molecule has 0 aromatic carbocycles. The van der Waals surface area contributed by atoms with Gasteiger partial charge in [-0.2, -0.15) is 8.62 Å². The van der Waals surface area contributed by atoms with Crippen molar-refractivity contribution < 1.29 is 61.4 Å². The first-order valence-electron chi connectivity index (χ1n) is 16.2. The molecule has 1 aliphatic heterocycles. The van der Waals surface area contributed by atoms with Crippen LogP contribution in [0.4, 0.5) is 5.82 Å². The van der Waals surface area contributed by atoms with Crippen LogP contribution in [0, 0.1) is 0 Å². The SMILES string of the molecule is O=P(O)(O)OP(=O)(O)OP(=O)(O)OC[C@H]1O[C@@H](n2cnc3c(NCCCCCCNC4CCCCCCCCC4)ncnc32)C(O)C1O. The van der Waals surface area contributed by atoms with E-state index in [0.717, 1.165) is 32.2 Å². The Bertz CT molecular complexity index is 1440. The normalized spacial score (nSPS) is 25.9. The Labute approximate surface area is 278 Å². The molecule has 2 aromatic heterocycles. The summed E-state index contributed by atoms with van der Waals surface area (Å²) in [6.07, 6.45) is 12.8. The van der Waals surface area contributed by atoms with Gasteiger partial charge in [-0.25, -0.2) is 28.6 Å². The first kappa shape index (κ1) is 39.4. The Morgan fingerprint density at radius 3 is 2.12 bits per heavy atom. The van der Waals surface area contributed by atoms with Crippen molar-refractivity contribution >= 4 is 40.4 Å². The molecular formula is C26H47N6O13P3. The lowest BCUT2D eigenvalue weighted by atomic mass is 9.97. The quantitative estimate of drug-likeness (QED) is 0.0852. The number of imidazole rings is 1. The molecule has 274 valence electrons. The van der Waals surface area contributed by atoms with Gasteiger partial charge in [-0.1, -0.05) is 57.8 Å². The second-order valence-corrected chi connectivity index (χ2v) is 16.4. The van der Waals surface area contributed by atoms with Gasteiger partial charge in [-0.3, -0.25) is 9.09 Å². The van der Waals surface area contributed by atoms with E-state index in [1.54, 1.807) is 0 Å². The number of unbranched alkanes of at least 4 members (excludes halogenated alkanes) is 3. The molecule has 48 heavy (non-hydrogen) atoms. The van der Waals surface area contributed by atoms with Crippen LogP contribution < -0.4 is 10.6 Å². The summed E-state index contributed by atoms with van der Waals surface area (Å²) >= 11 is 0. The van der Waals surface area contributed by atoms with Crippen LogP contribution in [-0.2, 0) is 31.6 Å². The summed E-state index contributed by atoms with van der Waals surface area (Å²) in [7, 11) is -16.7. The van der Waals surface area contributed by atoms with Crippen LogP contribution in [0.5, 0.6) is 0 Å². The molecule has 3 heterocycles. The zero-order chi connectivity index (χ0) is 34.8. The Balaban J connectivity index is 1.22. The Morgan fingerprint density at radius 2 is 1.46 bits per heavy atom. The van der Waals surface area contributed by atoms with Crippen molar-refractivity contribution in [2.45, 2.75) is 114 Å². The molecule has 22 heteroatoms. The summed E-state index contributed by atoms with van der Waals surface area (Å²) in [5.74, 6) is 0.466. The Hall–Kier alpha value is -1.40. The number of hydrogen-bond acceptors (Lipinski definition) is 14. The summed E-state index contributed by atoms with van der Waals surface area (Å²) in [6.45, 7) is 0.744. The van der Waals surface area contributed by atoms with Crippen molar-refractivity contribution in [3.8, 4) is 0 Å². The van der Waals surface area contributed by atoms with Crippen molar-refractivity contribution in [3.05, 3.63) is 12.7 Å². The highest BCUT2D eigenvalue weighted by Gasteiger charge is 2.47. The number of nitrogens with zero attached hydrogens (tertiary/aromatic N) is 4. The third kappa shape index (κ3) is 12.4. The number of hydrogen-bond donors (Lipinski definition) is 8. The van der Waals surface area contributed by atoms with Gasteiger partial charge < -0.3 is 45.2 Å². The Kier molecular flexibility index (Phi) is 14.9. The predicted molar refractivity (Wildman–Crippen MR) is 171 cm³/mol. The van der Waals surface area contributed by atoms with Crippen molar-refractivity contribution in [1.29, 1.82) is 0 Å². The lowest BCUT2D eigenvalue weighted by Gasteiger charge is -2.20. The van der Waals surface area contributed by atoms with E-state index < -0.39 is 54.6 Å². The van der Waals surface area contributed by atoms with Crippen LogP contribution in [0.1, 0.15) is 89.7 Å². The Morgan fingerprint density at radius 1 is 0.812 bits per heavy atom. The van der Waals surface area contributed by atoms with Crippen molar-refractivity contribution in [1.82, 2.24) is 24.8 Å². The maximum atomic E-state index is 12.1. The molecule has 2 fully saturated rings. The topological polar surface area (TPSA) is 277 Å². The molecule has 0 spiro atoms. The van der Waals surface area contributed by atoms with Gasteiger partial charge in [0.15, 0.2) is 23.2 Å². The molecule has 2 aliphatic rings. The molecule has 0 radical (unpaired) electrons. The lowest BCUT2D eigenvalue weighted by molar-refractivity contribution is -0.0503. The highest BCUT2D eigenvalue weighted by Crippen LogP contribution is 2.66. The fraction of sp³-hybridized carbons (Fsp3) is 0.808. The van der Waals surface area contributed by atoms with Gasteiger partial charge in [-0.05, 0) is 32.2 Å². The van der Waals surface area contributed by atoms with E-state index in [2.05, 4.69) is 38.7 Å².